The molecule has 8 heteroatoms. The van der Waals surface area contributed by atoms with Gasteiger partial charge in [-0.25, -0.2) is 14.1 Å². The van der Waals surface area contributed by atoms with Gasteiger partial charge in [-0.1, -0.05) is 18.2 Å². The minimum atomic E-state index is -0.298. The Morgan fingerprint density at radius 3 is 2.33 bits per heavy atom. The van der Waals surface area contributed by atoms with Crippen LogP contribution in [0.3, 0.4) is 0 Å². The molecule has 0 aromatic heterocycles. The molecule has 0 aliphatic carbocycles. The lowest BCUT2D eigenvalue weighted by Gasteiger charge is -2.36. The third kappa shape index (κ3) is 4.33. The van der Waals surface area contributed by atoms with Crippen LogP contribution in [0.5, 0.6) is 0 Å². The summed E-state index contributed by atoms with van der Waals surface area (Å²) < 4.78 is 13.0. The Morgan fingerprint density at radius 1 is 1.00 bits per heavy atom. The van der Waals surface area contributed by atoms with Gasteiger partial charge in [-0.3, -0.25) is 9.59 Å². The number of hydrogen-bond acceptors (Lipinski definition) is 4. The summed E-state index contributed by atoms with van der Waals surface area (Å²) in [6, 6.07) is 14.7. The van der Waals surface area contributed by atoms with Crippen LogP contribution in [0.4, 0.5) is 14.9 Å². The number of nitrogens with zero attached hydrogens (tertiary/aromatic N) is 3. The van der Waals surface area contributed by atoms with Gasteiger partial charge in [0.25, 0.3) is 5.91 Å². The Labute approximate surface area is 178 Å². The Morgan fingerprint density at radius 2 is 1.67 bits per heavy atom. The first kappa shape index (κ1) is 20.4. The first-order chi connectivity index (χ1) is 14.5. The largest absolute Gasteiger partial charge is 0.342 e. The highest BCUT2D eigenvalue weighted by Crippen LogP contribution is 2.27. The van der Waals surface area contributed by atoms with Crippen molar-refractivity contribution in [1.82, 2.24) is 9.80 Å². The van der Waals surface area contributed by atoms with E-state index in [1.54, 1.807) is 46.2 Å². The monoisotopic (exact) mass is 427 g/mol. The van der Waals surface area contributed by atoms with Crippen molar-refractivity contribution in [2.24, 2.45) is 0 Å². The topological polar surface area (TPSA) is 60.9 Å². The lowest BCUT2D eigenvalue weighted by atomic mass is 10.0. The molecule has 0 bridgehead atoms. The maximum absolute atomic E-state index is 13.0. The van der Waals surface area contributed by atoms with E-state index in [-0.39, 0.29) is 36.2 Å². The number of likely N-dealkylation sites (tertiary alicyclic amines) is 1. The molecular weight excluding hydrogens is 405 g/mol. The number of anilines is 1. The van der Waals surface area contributed by atoms with Crippen molar-refractivity contribution < 1.29 is 18.8 Å². The zero-order chi connectivity index (χ0) is 21.1. The maximum atomic E-state index is 13.0. The van der Waals surface area contributed by atoms with E-state index in [9.17, 15) is 18.8 Å². The number of para-hydroxylation sites is 1. The molecule has 0 saturated carbocycles. The Balaban J connectivity index is 1.30. The molecule has 0 spiro atoms. The zero-order valence-electron chi connectivity index (χ0n) is 16.4. The lowest BCUT2D eigenvalue weighted by Crippen LogP contribution is -2.48. The summed E-state index contributed by atoms with van der Waals surface area (Å²) in [6.45, 7) is 1.18. The van der Waals surface area contributed by atoms with Gasteiger partial charge in [0.05, 0.1) is 11.4 Å². The van der Waals surface area contributed by atoms with Gasteiger partial charge in [-0.15, -0.1) is 11.8 Å². The summed E-state index contributed by atoms with van der Waals surface area (Å²) in [5.41, 5.74) is 0.584. The van der Waals surface area contributed by atoms with Crippen LogP contribution in [-0.4, -0.2) is 59.1 Å². The fraction of sp³-hybridized carbons (Fsp3) is 0.318. The number of imide groups is 1. The fourth-order valence-corrected chi connectivity index (χ4v) is 4.63. The predicted octanol–water partition coefficient (Wildman–Crippen LogP) is 3.38. The van der Waals surface area contributed by atoms with Crippen LogP contribution >= 0.6 is 11.8 Å². The van der Waals surface area contributed by atoms with E-state index in [1.165, 1.54) is 28.8 Å². The van der Waals surface area contributed by atoms with Crippen molar-refractivity contribution in [1.29, 1.82) is 0 Å². The average Bonchev–Trinajstić information content (AvgIpc) is 3.07. The first-order valence-corrected chi connectivity index (χ1v) is 10.9. The van der Waals surface area contributed by atoms with Crippen LogP contribution in [0, 0.1) is 5.82 Å². The number of rotatable bonds is 5. The number of piperidine rings is 1. The number of halogens is 1. The maximum Gasteiger partial charge on any atom is 0.332 e. The molecule has 4 rings (SSSR count). The molecule has 2 aliphatic heterocycles. The number of carbonyl (C=O) groups is 3. The molecule has 2 saturated heterocycles. The summed E-state index contributed by atoms with van der Waals surface area (Å²) in [4.78, 5) is 43.3. The smallest absolute Gasteiger partial charge is 0.332 e. The van der Waals surface area contributed by atoms with Gasteiger partial charge in [0.15, 0.2) is 0 Å². The number of carbonyl (C=O) groups excluding carboxylic acids is 3. The Kier molecular flexibility index (Phi) is 6.03. The van der Waals surface area contributed by atoms with Gasteiger partial charge in [-0.05, 0) is 49.2 Å². The second-order valence-electron chi connectivity index (χ2n) is 7.33. The molecule has 0 radical (unpaired) electrons. The number of amides is 4. The standard InChI is InChI=1S/C22H22FN3O3S/c23-16-6-8-19(9-7-16)30-15-21(28)24-12-10-17(11-13-24)25-14-20(27)26(22(25)29)18-4-2-1-3-5-18/h1-9,17H,10-15H2. The van der Waals surface area contributed by atoms with Gasteiger partial charge >= 0.3 is 6.03 Å². The summed E-state index contributed by atoms with van der Waals surface area (Å²) in [7, 11) is 0. The van der Waals surface area contributed by atoms with E-state index in [4.69, 9.17) is 0 Å². The molecule has 30 heavy (non-hydrogen) atoms. The van der Waals surface area contributed by atoms with Crippen molar-refractivity contribution >= 4 is 35.3 Å². The number of benzene rings is 2. The number of hydrogen-bond donors (Lipinski definition) is 0. The van der Waals surface area contributed by atoms with Gasteiger partial charge in [0.1, 0.15) is 12.4 Å². The van der Waals surface area contributed by atoms with Crippen molar-refractivity contribution in [2.45, 2.75) is 23.8 Å². The fourth-order valence-electron chi connectivity index (χ4n) is 3.83. The molecule has 4 amide bonds. The van der Waals surface area contributed by atoms with Gasteiger partial charge in [-0.2, -0.15) is 0 Å². The molecule has 2 heterocycles. The van der Waals surface area contributed by atoms with Crippen molar-refractivity contribution in [2.75, 3.05) is 30.3 Å². The highest BCUT2D eigenvalue weighted by Gasteiger charge is 2.41. The van der Waals surface area contributed by atoms with Crippen LogP contribution < -0.4 is 4.90 Å². The quantitative estimate of drug-likeness (QED) is 0.542. The van der Waals surface area contributed by atoms with Crippen LogP contribution in [-0.2, 0) is 9.59 Å². The highest BCUT2D eigenvalue weighted by molar-refractivity contribution is 8.00. The van der Waals surface area contributed by atoms with E-state index in [0.29, 0.717) is 37.4 Å². The molecule has 2 aromatic rings. The minimum Gasteiger partial charge on any atom is -0.342 e. The number of urea groups is 1. The molecule has 2 fully saturated rings. The molecule has 2 aliphatic rings. The highest BCUT2D eigenvalue weighted by atomic mass is 32.2. The van der Waals surface area contributed by atoms with Crippen molar-refractivity contribution in [3.05, 3.63) is 60.4 Å². The summed E-state index contributed by atoms with van der Waals surface area (Å²) in [5.74, 6) is -0.203. The van der Waals surface area contributed by atoms with Crippen molar-refractivity contribution in [3.63, 3.8) is 0 Å². The van der Waals surface area contributed by atoms with Gasteiger partial charge < -0.3 is 9.80 Å². The van der Waals surface area contributed by atoms with E-state index < -0.39 is 0 Å². The van der Waals surface area contributed by atoms with E-state index in [2.05, 4.69) is 0 Å². The minimum absolute atomic E-state index is 0.0255. The molecule has 0 unspecified atom stereocenters. The van der Waals surface area contributed by atoms with Gasteiger partial charge in [0.2, 0.25) is 5.91 Å². The molecule has 6 nitrogen and oxygen atoms in total. The van der Waals surface area contributed by atoms with E-state index in [0.717, 1.165) is 4.90 Å². The zero-order valence-corrected chi connectivity index (χ0v) is 17.2. The van der Waals surface area contributed by atoms with E-state index in [1.807, 2.05) is 6.07 Å². The van der Waals surface area contributed by atoms with Crippen LogP contribution in [0.2, 0.25) is 0 Å². The predicted molar refractivity (Wildman–Crippen MR) is 113 cm³/mol. The summed E-state index contributed by atoms with van der Waals surface area (Å²) >= 11 is 1.38. The molecule has 2 aromatic carbocycles. The lowest BCUT2D eigenvalue weighted by molar-refractivity contribution is -0.130. The van der Waals surface area contributed by atoms with Crippen LogP contribution in [0.15, 0.2) is 59.5 Å². The normalized spacial score (nSPS) is 17.7. The van der Waals surface area contributed by atoms with Gasteiger partial charge in [0, 0.05) is 24.0 Å². The average molecular weight is 428 g/mol. The third-order valence-corrected chi connectivity index (χ3v) is 6.44. The number of thioether (sulfide) groups is 1. The molecular formula is C22H22FN3O3S. The summed E-state index contributed by atoms with van der Waals surface area (Å²) in [5, 5.41) is 0. The molecule has 156 valence electrons. The molecule has 0 atom stereocenters. The summed E-state index contributed by atoms with van der Waals surface area (Å²) in [6.07, 6.45) is 1.29. The van der Waals surface area contributed by atoms with Crippen LogP contribution in [0.25, 0.3) is 0 Å². The SMILES string of the molecule is O=C(CSc1ccc(F)cc1)N1CCC(N2CC(=O)N(c3ccccc3)C2=O)CC1. The third-order valence-electron chi connectivity index (χ3n) is 5.44. The molecule has 0 N–H and O–H groups in total. The van der Waals surface area contributed by atoms with Crippen molar-refractivity contribution in [3.8, 4) is 0 Å². The van der Waals surface area contributed by atoms with E-state index >= 15 is 0 Å². The second kappa shape index (κ2) is 8.87. The Hall–Kier alpha value is -2.87. The second-order valence-corrected chi connectivity index (χ2v) is 8.38. The Bertz CT molecular complexity index is 930. The van der Waals surface area contributed by atoms with Crippen LogP contribution in [0.1, 0.15) is 12.8 Å². The first-order valence-electron chi connectivity index (χ1n) is 9.87.